The molecule has 1 fully saturated rings. The van der Waals surface area contributed by atoms with Gasteiger partial charge in [0.15, 0.2) is 0 Å². The number of anilines is 1. The van der Waals surface area contributed by atoms with Crippen LogP contribution in [0.5, 0.6) is 0 Å². The Balaban J connectivity index is 1.66. The van der Waals surface area contributed by atoms with E-state index in [1.54, 1.807) is 0 Å². The maximum Gasteiger partial charge on any atom is 0.0439 e. The summed E-state index contributed by atoms with van der Waals surface area (Å²) >= 11 is 0. The molecule has 1 saturated heterocycles. The molecule has 1 aromatic carbocycles. The number of aromatic nitrogens is 1. The lowest BCUT2D eigenvalue weighted by molar-refractivity contribution is 0.496. The highest BCUT2D eigenvalue weighted by atomic mass is 15.1. The molecule has 2 aromatic rings. The van der Waals surface area contributed by atoms with E-state index in [9.17, 15) is 0 Å². The Labute approximate surface area is 120 Å². The lowest BCUT2D eigenvalue weighted by Gasteiger charge is -2.33. The summed E-state index contributed by atoms with van der Waals surface area (Å²) < 4.78 is 0. The van der Waals surface area contributed by atoms with Gasteiger partial charge in [0.1, 0.15) is 0 Å². The highest BCUT2D eigenvalue weighted by Crippen LogP contribution is 2.29. The fourth-order valence-corrected chi connectivity index (χ4v) is 2.92. The molecule has 2 heterocycles. The van der Waals surface area contributed by atoms with Crippen molar-refractivity contribution in [1.29, 1.82) is 0 Å². The van der Waals surface area contributed by atoms with Gasteiger partial charge in [0.2, 0.25) is 0 Å². The van der Waals surface area contributed by atoms with Crippen LogP contribution in [0.4, 0.5) is 5.69 Å². The summed E-state index contributed by atoms with van der Waals surface area (Å²) in [5.74, 6) is 0.571. The zero-order valence-corrected chi connectivity index (χ0v) is 11.7. The molecule has 0 saturated carbocycles. The van der Waals surface area contributed by atoms with Gasteiger partial charge in [-0.15, -0.1) is 0 Å². The third kappa shape index (κ3) is 2.83. The van der Waals surface area contributed by atoms with E-state index in [-0.39, 0.29) is 0 Å². The fraction of sp³-hybridized carbons (Fsp3) is 0.353. The van der Waals surface area contributed by atoms with Crippen molar-refractivity contribution in [1.82, 2.24) is 4.98 Å². The van der Waals surface area contributed by atoms with Crippen molar-refractivity contribution < 1.29 is 0 Å². The Morgan fingerprint density at radius 1 is 1.10 bits per heavy atom. The predicted molar refractivity (Wildman–Crippen MR) is 82.8 cm³/mol. The normalized spacial score (nSPS) is 16.4. The minimum atomic E-state index is 0.571. The molecule has 0 amide bonds. The van der Waals surface area contributed by atoms with Crippen molar-refractivity contribution in [2.24, 2.45) is 5.73 Å². The van der Waals surface area contributed by atoms with Crippen LogP contribution in [0.15, 0.2) is 48.7 Å². The molecule has 0 unspecified atom stereocenters. The van der Waals surface area contributed by atoms with Crippen LogP contribution < -0.4 is 10.6 Å². The summed E-state index contributed by atoms with van der Waals surface area (Å²) in [6, 6.07) is 14.8. The molecule has 1 aliphatic heterocycles. The number of hydrogen-bond donors (Lipinski definition) is 1. The largest absolute Gasteiger partial charge is 0.371 e. The van der Waals surface area contributed by atoms with Crippen molar-refractivity contribution >= 4 is 5.69 Å². The van der Waals surface area contributed by atoms with E-state index < -0.39 is 0 Å². The first-order valence-corrected chi connectivity index (χ1v) is 7.31. The van der Waals surface area contributed by atoms with Gasteiger partial charge >= 0.3 is 0 Å². The Kier molecular flexibility index (Phi) is 3.97. The van der Waals surface area contributed by atoms with Crippen molar-refractivity contribution in [3.63, 3.8) is 0 Å². The second-order valence-electron chi connectivity index (χ2n) is 5.39. The van der Waals surface area contributed by atoms with E-state index in [0.717, 1.165) is 25.9 Å². The fourth-order valence-electron chi connectivity index (χ4n) is 2.92. The number of rotatable bonds is 3. The molecular formula is C17H21N3. The summed E-state index contributed by atoms with van der Waals surface area (Å²) in [6.07, 6.45) is 4.22. The Morgan fingerprint density at radius 3 is 2.55 bits per heavy atom. The van der Waals surface area contributed by atoms with E-state index in [1.807, 2.05) is 12.3 Å². The van der Waals surface area contributed by atoms with Gasteiger partial charge in [-0.2, -0.15) is 0 Å². The third-order valence-electron chi connectivity index (χ3n) is 4.12. The van der Waals surface area contributed by atoms with Crippen molar-refractivity contribution in [2.75, 3.05) is 18.0 Å². The van der Waals surface area contributed by atoms with Gasteiger partial charge in [-0.05, 0) is 42.7 Å². The van der Waals surface area contributed by atoms with E-state index in [0.29, 0.717) is 12.5 Å². The molecule has 3 nitrogen and oxygen atoms in total. The molecule has 20 heavy (non-hydrogen) atoms. The number of para-hydroxylation sites is 1. The molecule has 104 valence electrons. The van der Waals surface area contributed by atoms with Crippen LogP contribution in [0, 0.1) is 0 Å². The van der Waals surface area contributed by atoms with E-state index >= 15 is 0 Å². The van der Waals surface area contributed by atoms with Crippen molar-refractivity contribution in [3.05, 3.63) is 59.9 Å². The van der Waals surface area contributed by atoms with Crippen LogP contribution in [-0.2, 0) is 6.54 Å². The second-order valence-corrected chi connectivity index (χ2v) is 5.39. The zero-order chi connectivity index (χ0) is 13.8. The van der Waals surface area contributed by atoms with Crippen LogP contribution in [0.1, 0.15) is 30.0 Å². The Bertz CT molecular complexity index is 545. The van der Waals surface area contributed by atoms with E-state index in [2.05, 4.69) is 46.3 Å². The molecule has 1 aliphatic rings. The third-order valence-corrected chi connectivity index (χ3v) is 4.12. The first-order valence-electron chi connectivity index (χ1n) is 7.31. The molecule has 0 bridgehead atoms. The van der Waals surface area contributed by atoms with Crippen LogP contribution >= 0.6 is 0 Å². The molecule has 3 rings (SSSR count). The van der Waals surface area contributed by atoms with Gasteiger partial charge in [-0.3, -0.25) is 4.98 Å². The minimum Gasteiger partial charge on any atom is -0.371 e. The van der Waals surface area contributed by atoms with Crippen LogP contribution in [-0.4, -0.2) is 18.1 Å². The molecule has 0 atom stereocenters. The van der Waals surface area contributed by atoms with Gasteiger partial charge < -0.3 is 10.6 Å². The number of nitrogens with two attached hydrogens (primary N) is 1. The van der Waals surface area contributed by atoms with Crippen molar-refractivity contribution in [3.8, 4) is 0 Å². The van der Waals surface area contributed by atoms with E-state index in [1.165, 1.54) is 16.9 Å². The average molecular weight is 267 g/mol. The maximum absolute atomic E-state index is 5.71. The lowest BCUT2D eigenvalue weighted by atomic mass is 9.92. The number of benzene rings is 1. The summed E-state index contributed by atoms with van der Waals surface area (Å²) in [7, 11) is 0. The van der Waals surface area contributed by atoms with Crippen molar-refractivity contribution in [2.45, 2.75) is 25.3 Å². The SMILES string of the molecule is NCc1ccnc(C2CCN(c3ccccc3)CC2)c1. The first kappa shape index (κ1) is 13.1. The maximum atomic E-state index is 5.71. The zero-order valence-electron chi connectivity index (χ0n) is 11.7. The van der Waals surface area contributed by atoms with Gasteiger partial charge in [-0.1, -0.05) is 18.2 Å². The number of pyridine rings is 1. The lowest BCUT2D eigenvalue weighted by Crippen LogP contribution is -2.33. The van der Waals surface area contributed by atoms with Gasteiger partial charge in [0.05, 0.1) is 0 Å². The Morgan fingerprint density at radius 2 is 1.85 bits per heavy atom. The summed E-state index contributed by atoms with van der Waals surface area (Å²) in [5, 5.41) is 0. The summed E-state index contributed by atoms with van der Waals surface area (Å²) in [6.45, 7) is 2.80. The monoisotopic (exact) mass is 267 g/mol. The minimum absolute atomic E-state index is 0.571. The molecule has 2 N–H and O–H groups in total. The molecular weight excluding hydrogens is 246 g/mol. The van der Waals surface area contributed by atoms with Crippen LogP contribution in [0.3, 0.4) is 0 Å². The van der Waals surface area contributed by atoms with Crippen LogP contribution in [0.2, 0.25) is 0 Å². The van der Waals surface area contributed by atoms with Gasteiger partial charge in [-0.25, -0.2) is 0 Å². The highest BCUT2D eigenvalue weighted by Gasteiger charge is 2.21. The van der Waals surface area contributed by atoms with E-state index in [4.69, 9.17) is 5.73 Å². The molecule has 0 radical (unpaired) electrons. The number of hydrogen-bond acceptors (Lipinski definition) is 3. The summed E-state index contributed by atoms with van der Waals surface area (Å²) in [4.78, 5) is 7.00. The second kappa shape index (κ2) is 6.06. The van der Waals surface area contributed by atoms with Gasteiger partial charge in [0, 0.05) is 43.1 Å². The molecule has 0 spiro atoms. The Hall–Kier alpha value is -1.87. The number of piperidine rings is 1. The molecule has 3 heteroatoms. The standard InChI is InChI=1S/C17H21N3/c18-13-14-6-9-19-17(12-14)15-7-10-20(11-8-15)16-4-2-1-3-5-16/h1-6,9,12,15H,7-8,10-11,13,18H2. The smallest absolute Gasteiger partial charge is 0.0439 e. The molecule has 0 aliphatic carbocycles. The van der Waals surface area contributed by atoms with Gasteiger partial charge in [0.25, 0.3) is 0 Å². The predicted octanol–water partition coefficient (Wildman–Crippen LogP) is 2.92. The number of nitrogens with zero attached hydrogens (tertiary/aromatic N) is 2. The topological polar surface area (TPSA) is 42.1 Å². The quantitative estimate of drug-likeness (QED) is 0.929. The first-order chi connectivity index (χ1) is 9.86. The average Bonchev–Trinajstić information content (AvgIpc) is 2.56. The summed E-state index contributed by atoms with van der Waals surface area (Å²) in [5.41, 5.74) is 9.43. The highest BCUT2D eigenvalue weighted by molar-refractivity contribution is 5.46. The van der Waals surface area contributed by atoms with Crippen LogP contribution in [0.25, 0.3) is 0 Å². The molecule has 1 aromatic heterocycles.